The molecule has 1 N–H and O–H groups in total. The number of carbonyl (C=O) groups is 1. The van der Waals surface area contributed by atoms with Gasteiger partial charge in [-0.15, -0.1) is 11.6 Å². The van der Waals surface area contributed by atoms with Crippen molar-refractivity contribution in [1.82, 2.24) is 5.32 Å². The summed E-state index contributed by atoms with van der Waals surface area (Å²) in [6.45, 7) is 0. The van der Waals surface area contributed by atoms with Gasteiger partial charge in [-0.1, -0.05) is 12.8 Å². The Morgan fingerprint density at radius 1 is 1.24 bits per heavy atom. The first-order chi connectivity index (χ1) is 8.14. The maximum atomic E-state index is 12.1. The fourth-order valence-electron chi connectivity index (χ4n) is 3.00. The van der Waals surface area contributed by atoms with E-state index in [0.29, 0.717) is 12.3 Å². The Morgan fingerprint density at radius 2 is 1.88 bits per heavy atom. The summed E-state index contributed by atoms with van der Waals surface area (Å²) in [6, 6.07) is 0. The molecule has 0 atom stereocenters. The van der Waals surface area contributed by atoms with E-state index in [-0.39, 0.29) is 17.0 Å². The van der Waals surface area contributed by atoms with E-state index in [4.69, 9.17) is 16.3 Å². The average Bonchev–Trinajstić information content (AvgIpc) is 2.73. The Hall–Kier alpha value is -0.280. The van der Waals surface area contributed by atoms with Crippen LogP contribution in [-0.4, -0.2) is 30.0 Å². The number of amides is 1. The molecule has 2 aliphatic carbocycles. The molecule has 3 nitrogen and oxygen atoms in total. The van der Waals surface area contributed by atoms with Gasteiger partial charge in [0.25, 0.3) is 0 Å². The molecule has 2 saturated carbocycles. The fourth-order valence-corrected chi connectivity index (χ4v) is 3.33. The lowest BCUT2D eigenvalue weighted by Gasteiger charge is -2.41. The van der Waals surface area contributed by atoms with Crippen LogP contribution in [0.3, 0.4) is 0 Å². The molecule has 0 unspecified atom stereocenters. The molecular weight excluding hydrogens is 238 g/mol. The Kier molecular flexibility index (Phi) is 3.99. The highest BCUT2D eigenvalue weighted by atomic mass is 35.5. The standard InChI is InChI=1S/C13H22ClNO2/c1-17-13(7-4-8-13)9-11(16)15-12(10-14)5-2-3-6-12/h2-10H2,1H3,(H,15,16). The lowest BCUT2D eigenvalue weighted by Crippen LogP contribution is -2.51. The van der Waals surface area contributed by atoms with Gasteiger partial charge < -0.3 is 10.1 Å². The monoisotopic (exact) mass is 259 g/mol. The number of methoxy groups -OCH3 is 1. The fraction of sp³-hybridized carbons (Fsp3) is 0.923. The van der Waals surface area contributed by atoms with Crippen LogP contribution in [0.4, 0.5) is 0 Å². The second-order valence-electron chi connectivity index (χ2n) is 5.59. The van der Waals surface area contributed by atoms with E-state index in [2.05, 4.69) is 5.32 Å². The number of hydrogen-bond acceptors (Lipinski definition) is 2. The highest BCUT2D eigenvalue weighted by Crippen LogP contribution is 2.38. The predicted octanol–water partition coefficient (Wildman–Crippen LogP) is 2.61. The zero-order valence-electron chi connectivity index (χ0n) is 10.6. The minimum atomic E-state index is -0.184. The van der Waals surface area contributed by atoms with Crippen molar-refractivity contribution < 1.29 is 9.53 Å². The number of alkyl halides is 1. The van der Waals surface area contributed by atoms with Crippen molar-refractivity contribution in [2.24, 2.45) is 0 Å². The normalized spacial score (nSPS) is 25.3. The van der Waals surface area contributed by atoms with Gasteiger partial charge in [-0.2, -0.15) is 0 Å². The smallest absolute Gasteiger partial charge is 0.223 e. The first-order valence-corrected chi connectivity index (χ1v) is 7.09. The third kappa shape index (κ3) is 2.76. The van der Waals surface area contributed by atoms with Gasteiger partial charge in [-0.25, -0.2) is 0 Å². The number of carbonyl (C=O) groups excluding carboxylic acids is 1. The zero-order chi connectivity index (χ0) is 12.4. The number of hydrogen-bond donors (Lipinski definition) is 1. The third-order valence-corrected chi connectivity index (χ3v) is 4.91. The van der Waals surface area contributed by atoms with E-state index in [1.165, 1.54) is 19.3 Å². The maximum Gasteiger partial charge on any atom is 0.223 e. The van der Waals surface area contributed by atoms with Crippen LogP contribution in [0.1, 0.15) is 51.4 Å². The van der Waals surface area contributed by atoms with Gasteiger partial charge in [-0.3, -0.25) is 4.79 Å². The summed E-state index contributed by atoms with van der Waals surface area (Å²) in [4.78, 5) is 12.1. The molecule has 2 aliphatic rings. The van der Waals surface area contributed by atoms with Crippen molar-refractivity contribution in [2.75, 3.05) is 13.0 Å². The third-order valence-electron chi connectivity index (χ3n) is 4.40. The van der Waals surface area contributed by atoms with E-state index in [9.17, 15) is 4.79 Å². The van der Waals surface area contributed by atoms with Gasteiger partial charge in [0.15, 0.2) is 0 Å². The number of halogens is 1. The molecule has 0 saturated heterocycles. The minimum absolute atomic E-state index is 0.106. The Morgan fingerprint density at radius 3 is 2.29 bits per heavy atom. The topological polar surface area (TPSA) is 38.3 Å². The Labute approximate surface area is 108 Å². The van der Waals surface area contributed by atoms with Gasteiger partial charge in [0, 0.05) is 13.0 Å². The van der Waals surface area contributed by atoms with E-state index < -0.39 is 0 Å². The quantitative estimate of drug-likeness (QED) is 0.771. The Balaban J connectivity index is 1.88. The summed E-state index contributed by atoms with van der Waals surface area (Å²) in [5, 5.41) is 3.15. The van der Waals surface area contributed by atoms with Crippen molar-refractivity contribution in [3.8, 4) is 0 Å². The molecule has 0 aliphatic heterocycles. The first kappa shape index (κ1) is 13.2. The lowest BCUT2D eigenvalue weighted by atomic mass is 9.77. The molecule has 0 heterocycles. The van der Waals surface area contributed by atoms with E-state index in [1.54, 1.807) is 7.11 Å². The molecule has 0 aromatic carbocycles. The second-order valence-corrected chi connectivity index (χ2v) is 5.85. The molecule has 0 aromatic rings. The maximum absolute atomic E-state index is 12.1. The predicted molar refractivity (Wildman–Crippen MR) is 68.3 cm³/mol. The van der Waals surface area contributed by atoms with Gasteiger partial charge in [0.1, 0.15) is 0 Å². The second kappa shape index (κ2) is 5.15. The summed E-state index contributed by atoms with van der Waals surface area (Å²) in [6.07, 6.45) is 8.04. The van der Waals surface area contributed by atoms with Crippen molar-refractivity contribution >= 4 is 17.5 Å². The van der Waals surface area contributed by atoms with Crippen molar-refractivity contribution in [3.05, 3.63) is 0 Å². The minimum Gasteiger partial charge on any atom is -0.378 e. The summed E-state index contributed by atoms with van der Waals surface area (Å²) >= 11 is 6.02. The summed E-state index contributed by atoms with van der Waals surface area (Å²) in [7, 11) is 1.71. The number of nitrogens with one attached hydrogen (secondary N) is 1. The lowest BCUT2D eigenvalue weighted by molar-refractivity contribution is -0.135. The molecule has 2 rings (SSSR count). The van der Waals surface area contributed by atoms with Gasteiger partial charge in [-0.05, 0) is 32.1 Å². The van der Waals surface area contributed by atoms with Gasteiger partial charge >= 0.3 is 0 Å². The van der Waals surface area contributed by atoms with E-state index in [0.717, 1.165) is 25.7 Å². The Bertz CT molecular complexity index is 278. The van der Waals surface area contributed by atoms with Crippen LogP contribution in [0.15, 0.2) is 0 Å². The van der Waals surface area contributed by atoms with Crippen molar-refractivity contribution in [1.29, 1.82) is 0 Å². The summed E-state index contributed by atoms with van der Waals surface area (Å²) in [5.41, 5.74) is -0.326. The van der Waals surface area contributed by atoms with Crippen LogP contribution in [0.25, 0.3) is 0 Å². The summed E-state index contributed by atoms with van der Waals surface area (Å²) < 4.78 is 5.48. The molecule has 1 amide bonds. The average molecular weight is 260 g/mol. The zero-order valence-corrected chi connectivity index (χ0v) is 11.3. The molecule has 0 aromatic heterocycles. The van der Waals surface area contributed by atoms with Crippen LogP contribution >= 0.6 is 11.6 Å². The highest BCUT2D eigenvalue weighted by molar-refractivity contribution is 6.18. The number of ether oxygens (including phenoxy) is 1. The van der Waals surface area contributed by atoms with Crippen LogP contribution in [0, 0.1) is 0 Å². The first-order valence-electron chi connectivity index (χ1n) is 6.56. The molecule has 0 bridgehead atoms. The SMILES string of the molecule is COC1(CC(=O)NC2(CCl)CCCC2)CCC1. The van der Waals surface area contributed by atoms with Gasteiger partial charge in [0.05, 0.1) is 17.6 Å². The van der Waals surface area contributed by atoms with Crippen molar-refractivity contribution in [3.63, 3.8) is 0 Å². The molecule has 0 radical (unpaired) electrons. The van der Waals surface area contributed by atoms with Crippen LogP contribution < -0.4 is 5.32 Å². The van der Waals surface area contributed by atoms with E-state index in [1.807, 2.05) is 0 Å². The number of rotatable bonds is 5. The molecule has 0 spiro atoms. The van der Waals surface area contributed by atoms with E-state index >= 15 is 0 Å². The molecule has 2 fully saturated rings. The molecular formula is C13H22ClNO2. The van der Waals surface area contributed by atoms with Gasteiger partial charge in [0.2, 0.25) is 5.91 Å². The molecule has 17 heavy (non-hydrogen) atoms. The summed E-state index contributed by atoms with van der Waals surface area (Å²) in [5.74, 6) is 0.632. The van der Waals surface area contributed by atoms with Crippen LogP contribution in [0.2, 0.25) is 0 Å². The van der Waals surface area contributed by atoms with Crippen LogP contribution in [0.5, 0.6) is 0 Å². The molecule has 98 valence electrons. The van der Waals surface area contributed by atoms with Crippen molar-refractivity contribution in [2.45, 2.75) is 62.5 Å². The highest BCUT2D eigenvalue weighted by Gasteiger charge is 2.41. The largest absolute Gasteiger partial charge is 0.378 e. The molecule has 4 heteroatoms. The van der Waals surface area contributed by atoms with Crippen LogP contribution in [-0.2, 0) is 9.53 Å².